The fourth-order valence-corrected chi connectivity index (χ4v) is 5.80. The Hall–Kier alpha value is -3.65. The molecule has 2 heterocycles. The predicted molar refractivity (Wildman–Crippen MR) is 138 cm³/mol. The number of carbonyl (C=O) groups excluding carboxylic acids is 2. The van der Waals surface area contributed by atoms with Gasteiger partial charge in [0.1, 0.15) is 28.7 Å². The normalized spacial score (nSPS) is 19.5. The SMILES string of the molecule is C[S@@](=N)(=O)CC(=O)Nc1c(-c2ccc(F)c(Cl)c2)nn2c1C(=O)N[C@@]1(CCc3cc(OCC(F)(F)F)ccc31)C2. The van der Waals surface area contributed by atoms with Crippen molar-refractivity contribution in [2.24, 2.45) is 0 Å². The number of anilines is 1. The number of fused-ring (bicyclic) bond motifs is 3. The standard InChI is InChI=1S/C25H22ClF4N5O4S/c1-40(31,38)10-19(36)32-21-20(14-2-5-18(27)17(26)9-14)34-35-11-24(33-23(37)22(21)35)7-6-13-8-15(3-4-16(13)24)39-12-25(28,29)30/h2-5,8-9,31H,6-7,10-12H2,1H3,(H,32,36)(H,33,37)/t24-,40+/m0/s1. The molecular formula is C25H22ClF4N5O4S. The summed E-state index contributed by atoms with van der Waals surface area (Å²) in [7, 11) is -3.20. The van der Waals surface area contributed by atoms with E-state index < -0.39 is 51.4 Å². The van der Waals surface area contributed by atoms with Crippen LogP contribution < -0.4 is 15.4 Å². The Morgan fingerprint density at radius 1 is 1.30 bits per heavy atom. The lowest BCUT2D eigenvalue weighted by Crippen LogP contribution is -2.52. The highest BCUT2D eigenvalue weighted by atomic mass is 35.5. The van der Waals surface area contributed by atoms with Gasteiger partial charge in [0, 0.05) is 11.8 Å². The number of hydrogen-bond acceptors (Lipinski definition) is 6. The highest BCUT2D eigenvalue weighted by molar-refractivity contribution is 7.92. The van der Waals surface area contributed by atoms with Crippen LogP contribution in [0, 0.1) is 10.6 Å². The predicted octanol–water partition coefficient (Wildman–Crippen LogP) is 4.48. The van der Waals surface area contributed by atoms with Crippen molar-refractivity contribution < 1.29 is 36.1 Å². The van der Waals surface area contributed by atoms with Crippen molar-refractivity contribution in [1.82, 2.24) is 15.1 Å². The molecule has 0 bridgehead atoms. The fourth-order valence-electron chi connectivity index (χ4n) is 5.04. The average Bonchev–Trinajstić information content (AvgIpc) is 3.36. The number of hydrogen-bond donors (Lipinski definition) is 3. The number of carbonyl (C=O) groups is 2. The third-order valence-corrected chi connectivity index (χ3v) is 7.72. The van der Waals surface area contributed by atoms with Crippen molar-refractivity contribution >= 4 is 38.8 Å². The van der Waals surface area contributed by atoms with E-state index in [1.54, 1.807) is 6.07 Å². The first-order valence-electron chi connectivity index (χ1n) is 11.9. The number of alkyl halides is 3. The van der Waals surface area contributed by atoms with Crippen molar-refractivity contribution in [3.8, 4) is 17.0 Å². The average molecular weight is 600 g/mol. The molecule has 2 aliphatic rings. The zero-order chi connectivity index (χ0) is 29.0. The van der Waals surface area contributed by atoms with Gasteiger partial charge in [-0.2, -0.15) is 18.3 Å². The summed E-state index contributed by atoms with van der Waals surface area (Å²) in [5.41, 5.74) is 0.844. The summed E-state index contributed by atoms with van der Waals surface area (Å²) in [5, 5.41) is 9.86. The molecule has 212 valence electrons. The van der Waals surface area contributed by atoms with Crippen LogP contribution in [0.25, 0.3) is 11.3 Å². The van der Waals surface area contributed by atoms with Crippen molar-refractivity contribution in [3.05, 3.63) is 64.1 Å². The van der Waals surface area contributed by atoms with Gasteiger partial charge in [-0.3, -0.25) is 19.1 Å². The Kier molecular flexibility index (Phi) is 6.81. The zero-order valence-corrected chi connectivity index (χ0v) is 22.4. The maximum Gasteiger partial charge on any atom is 0.422 e. The molecule has 2 aromatic carbocycles. The molecule has 1 spiro atoms. The van der Waals surface area contributed by atoms with E-state index in [-0.39, 0.29) is 34.4 Å². The molecule has 40 heavy (non-hydrogen) atoms. The maximum absolute atomic E-state index is 13.9. The van der Waals surface area contributed by atoms with E-state index in [4.69, 9.17) is 21.1 Å². The van der Waals surface area contributed by atoms with Crippen LogP contribution in [0.3, 0.4) is 0 Å². The molecular weight excluding hydrogens is 578 g/mol. The molecule has 3 aromatic rings. The number of nitrogens with one attached hydrogen (secondary N) is 3. The summed E-state index contributed by atoms with van der Waals surface area (Å²) in [4.78, 5) is 26.2. The van der Waals surface area contributed by atoms with Gasteiger partial charge in [-0.05, 0) is 54.3 Å². The van der Waals surface area contributed by atoms with Crippen molar-refractivity contribution in [3.63, 3.8) is 0 Å². The van der Waals surface area contributed by atoms with Crippen LogP contribution in [-0.4, -0.2) is 50.6 Å². The third-order valence-electron chi connectivity index (χ3n) is 6.62. The van der Waals surface area contributed by atoms with Gasteiger partial charge in [-0.15, -0.1) is 0 Å². The van der Waals surface area contributed by atoms with Crippen LogP contribution in [0.2, 0.25) is 5.02 Å². The minimum Gasteiger partial charge on any atom is -0.484 e. The molecule has 9 nitrogen and oxygen atoms in total. The third kappa shape index (κ3) is 5.50. The van der Waals surface area contributed by atoms with Gasteiger partial charge in [-0.1, -0.05) is 17.7 Å². The molecule has 1 aromatic heterocycles. The Morgan fingerprint density at radius 3 is 2.73 bits per heavy atom. The minimum atomic E-state index is -4.48. The van der Waals surface area contributed by atoms with Crippen LogP contribution in [0.4, 0.5) is 23.2 Å². The largest absolute Gasteiger partial charge is 0.484 e. The van der Waals surface area contributed by atoms with E-state index in [9.17, 15) is 31.4 Å². The van der Waals surface area contributed by atoms with Crippen LogP contribution in [0.5, 0.6) is 5.75 Å². The lowest BCUT2D eigenvalue weighted by molar-refractivity contribution is -0.153. The fraction of sp³-hybridized carbons (Fsp3) is 0.320. The summed E-state index contributed by atoms with van der Waals surface area (Å²) in [6, 6.07) is 8.30. The number of rotatable bonds is 6. The molecule has 1 aliphatic carbocycles. The number of ether oxygens (including phenoxy) is 1. The second-order valence-electron chi connectivity index (χ2n) is 9.82. The summed E-state index contributed by atoms with van der Waals surface area (Å²) in [5.74, 6) is -2.63. The number of halogens is 5. The Bertz CT molecular complexity index is 1660. The van der Waals surface area contributed by atoms with E-state index in [1.807, 2.05) is 0 Å². The second kappa shape index (κ2) is 9.77. The van der Waals surface area contributed by atoms with E-state index in [2.05, 4.69) is 15.7 Å². The highest BCUT2D eigenvalue weighted by Gasteiger charge is 2.46. The Balaban J connectivity index is 1.54. The first-order chi connectivity index (χ1) is 18.6. The number of amides is 2. The first kappa shape index (κ1) is 27.9. The molecule has 0 saturated carbocycles. The molecule has 2 amide bonds. The van der Waals surface area contributed by atoms with Crippen LogP contribution in [0.15, 0.2) is 36.4 Å². The van der Waals surface area contributed by atoms with E-state index >= 15 is 0 Å². The van der Waals surface area contributed by atoms with Crippen molar-refractivity contribution in [2.45, 2.75) is 31.1 Å². The monoisotopic (exact) mass is 599 g/mol. The van der Waals surface area contributed by atoms with E-state index in [0.717, 1.165) is 12.3 Å². The topological polar surface area (TPSA) is 126 Å². The maximum atomic E-state index is 13.9. The van der Waals surface area contributed by atoms with Gasteiger partial charge < -0.3 is 15.4 Å². The Morgan fingerprint density at radius 2 is 2.05 bits per heavy atom. The minimum absolute atomic E-state index is 0.0133. The molecule has 15 heteroatoms. The molecule has 1 aliphatic heterocycles. The molecule has 0 saturated heterocycles. The van der Waals surface area contributed by atoms with Crippen LogP contribution >= 0.6 is 11.6 Å². The number of aromatic nitrogens is 2. The van der Waals surface area contributed by atoms with Gasteiger partial charge >= 0.3 is 6.18 Å². The Labute approximate surface area is 230 Å². The lowest BCUT2D eigenvalue weighted by atomic mass is 9.89. The second-order valence-corrected chi connectivity index (χ2v) is 12.5. The molecule has 3 N–H and O–H groups in total. The summed E-state index contributed by atoms with van der Waals surface area (Å²) >= 11 is 5.97. The van der Waals surface area contributed by atoms with Crippen LogP contribution in [-0.2, 0) is 33.0 Å². The van der Waals surface area contributed by atoms with Crippen molar-refractivity contribution in [1.29, 1.82) is 4.78 Å². The van der Waals surface area contributed by atoms with Crippen LogP contribution in [0.1, 0.15) is 28.0 Å². The zero-order valence-electron chi connectivity index (χ0n) is 20.8. The van der Waals surface area contributed by atoms with E-state index in [1.165, 1.54) is 28.9 Å². The smallest absolute Gasteiger partial charge is 0.422 e. The van der Waals surface area contributed by atoms with Gasteiger partial charge in [-0.25, -0.2) is 8.60 Å². The number of benzene rings is 2. The quantitative estimate of drug-likeness (QED) is 0.360. The van der Waals surface area contributed by atoms with Gasteiger partial charge in [0.25, 0.3) is 5.91 Å². The van der Waals surface area contributed by atoms with E-state index in [0.29, 0.717) is 29.5 Å². The molecule has 2 atom stereocenters. The highest BCUT2D eigenvalue weighted by Crippen LogP contribution is 2.44. The number of aryl methyl sites for hydroxylation is 1. The first-order valence-corrected chi connectivity index (χ1v) is 14.4. The summed E-state index contributed by atoms with van der Waals surface area (Å²) in [6.45, 7) is -1.31. The molecule has 0 unspecified atom stereocenters. The number of nitrogens with zero attached hydrogens (tertiary/aromatic N) is 2. The van der Waals surface area contributed by atoms with Gasteiger partial charge in [0.2, 0.25) is 5.91 Å². The summed E-state index contributed by atoms with van der Waals surface area (Å²) < 4.78 is 77.4. The van der Waals surface area contributed by atoms with Gasteiger partial charge in [0.05, 0.1) is 26.8 Å². The lowest BCUT2D eigenvalue weighted by Gasteiger charge is -2.36. The molecule has 0 radical (unpaired) electrons. The molecule has 5 rings (SSSR count). The van der Waals surface area contributed by atoms with Gasteiger partial charge in [0.15, 0.2) is 12.3 Å². The molecule has 0 fully saturated rings. The van der Waals surface area contributed by atoms with Crippen molar-refractivity contribution in [2.75, 3.05) is 23.9 Å². The summed E-state index contributed by atoms with van der Waals surface area (Å²) in [6.07, 6.45) is -2.50.